The molecule has 2 aliphatic rings. The minimum atomic E-state index is -0.543. The number of nitrogens with one attached hydrogen (secondary N) is 1. The van der Waals surface area contributed by atoms with Crippen molar-refractivity contribution in [3.63, 3.8) is 0 Å². The molecule has 2 aliphatic heterocycles. The zero-order chi connectivity index (χ0) is 30.5. The Morgan fingerprint density at radius 2 is 1.77 bits per heavy atom. The number of rotatable bonds is 5. The summed E-state index contributed by atoms with van der Waals surface area (Å²) in [5.41, 5.74) is 2.32. The highest BCUT2D eigenvalue weighted by molar-refractivity contribution is 7.22. The second-order valence-electron chi connectivity index (χ2n) is 11.6. The number of ether oxygens (including phenoxy) is 2. The number of methoxy groups -OCH3 is 1. The van der Waals surface area contributed by atoms with Crippen molar-refractivity contribution in [1.29, 1.82) is 0 Å². The topological polar surface area (TPSA) is 136 Å². The molecule has 2 atom stereocenters. The van der Waals surface area contributed by atoms with Crippen molar-refractivity contribution in [1.82, 2.24) is 29.8 Å². The molecule has 0 aromatic carbocycles. The number of piperazine rings is 1. The Kier molecular flexibility index (Phi) is 7.55. The molecule has 6 rings (SSSR count). The SMILES string of the molecule is COc1cnc(Cl)cc1-c1cc(C)ncc1C(=O)Nc1nc2cnc(N3CC4CCC(C3)N4C(=O)OC(C)(C)C)nc2s1. The number of hydrogen-bond donors (Lipinski definition) is 1. The molecule has 2 fully saturated rings. The van der Waals surface area contributed by atoms with E-state index in [0.29, 0.717) is 57.0 Å². The molecule has 4 aromatic heterocycles. The summed E-state index contributed by atoms with van der Waals surface area (Å²) in [7, 11) is 1.53. The number of fused-ring (bicyclic) bond motifs is 3. The molecule has 6 heterocycles. The summed E-state index contributed by atoms with van der Waals surface area (Å²) in [5, 5.41) is 3.55. The van der Waals surface area contributed by atoms with Crippen molar-refractivity contribution < 1.29 is 19.1 Å². The number of amides is 2. The zero-order valence-corrected chi connectivity index (χ0v) is 26.0. The third-order valence-corrected chi connectivity index (χ3v) is 8.44. The Balaban J connectivity index is 1.21. The Morgan fingerprint density at radius 1 is 1.02 bits per heavy atom. The van der Waals surface area contributed by atoms with E-state index >= 15 is 0 Å². The van der Waals surface area contributed by atoms with Crippen LogP contribution >= 0.6 is 22.9 Å². The van der Waals surface area contributed by atoms with Crippen LogP contribution in [0.4, 0.5) is 15.9 Å². The number of halogens is 1. The van der Waals surface area contributed by atoms with Crippen LogP contribution in [0.2, 0.25) is 5.15 Å². The molecular weight excluding hydrogens is 592 g/mol. The molecule has 0 spiro atoms. The van der Waals surface area contributed by atoms with Gasteiger partial charge in [-0.2, -0.15) is 4.98 Å². The van der Waals surface area contributed by atoms with Gasteiger partial charge in [0.05, 0.1) is 37.2 Å². The van der Waals surface area contributed by atoms with E-state index in [2.05, 4.69) is 30.2 Å². The van der Waals surface area contributed by atoms with Crippen molar-refractivity contribution in [2.45, 2.75) is 58.2 Å². The Labute approximate surface area is 257 Å². The first-order chi connectivity index (χ1) is 20.5. The summed E-state index contributed by atoms with van der Waals surface area (Å²) in [5.74, 6) is 0.660. The average Bonchev–Trinajstić information content (AvgIpc) is 3.47. The minimum Gasteiger partial charge on any atom is -0.494 e. The summed E-state index contributed by atoms with van der Waals surface area (Å²) in [6, 6.07) is 3.53. The van der Waals surface area contributed by atoms with Crippen LogP contribution in [-0.2, 0) is 4.74 Å². The van der Waals surface area contributed by atoms with Crippen LogP contribution in [0.25, 0.3) is 21.5 Å². The van der Waals surface area contributed by atoms with Gasteiger partial charge in [-0.1, -0.05) is 22.9 Å². The normalized spacial score (nSPS) is 18.2. The van der Waals surface area contributed by atoms with E-state index in [1.165, 1.54) is 30.8 Å². The minimum absolute atomic E-state index is 0.0374. The monoisotopic (exact) mass is 622 g/mol. The van der Waals surface area contributed by atoms with Gasteiger partial charge in [0, 0.05) is 36.1 Å². The quantitative estimate of drug-likeness (QED) is 0.290. The second kappa shape index (κ2) is 11.2. The number of nitrogens with zero attached hydrogens (tertiary/aromatic N) is 7. The smallest absolute Gasteiger partial charge is 0.410 e. The largest absolute Gasteiger partial charge is 0.494 e. The van der Waals surface area contributed by atoms with Crippen LogP contribution in [0.3, 0.4) is 0 Å². The Morgan fingerprint density at radius 3 is 2.47 bits per heavy atom. The molecule has 12 nitrogen and oxygen atoms in total. The molecule has 224 valence electrons. The van der Waals surface area contributed by atoms with Crippen LogP contribution in [-0.4, -0.2) is 79.7 Å². The molecule has 2 unspecified atom stereocenters. The molecule has 2 amide bonds. The highest BCUT2D eigenvalue weighted by atomic mass is 35.5. The Bertz CT molecular complexity index is 1710. The van der Waals surface area contributed by atoms with Crippen LogP contribution in [0.1, 0.15) is 49.7 Å². The van der Waals surface area contributed by atoms with E-state index in [9.17, 15) is 9.59 Å². The second-order valence-corrected chi connectivity index (χ2v) is 13.0. The van der Waals surface area contributed by atoms with Gasteiger partial charge < -0.3 is 14.4 Å². The fourth-order valence-electron chi connectivity index (χ4n) is 5.53. The number of carbonyl (C=O) groups excluding carboxylic acids is 2. The van der Waals surface area contributed by atoms with E-state index in [1.807, 2.05) is 32.6 Å². The van der Waals surface area contributed by atoms with Gasteiger partial charge in [-0.3, -0.25) is 20.0 Å². The zero-order valence-electron chi connectivity index (χ0n) is 24.4. The number of anilines is 2. The van der Waals surface area contributed by atoms with Gasteiger partial charge in [0.2, 0.25) is 5.95 Å². The fraction of sp³-hybridized carbons (Fsp3) is 0.414. The highest BCUT2D eigenvalue weighted by Crippen LogP contribution is 2.36. The molecule has 0 aliphatic carbocycles. The van der Waals surface area contributed by atoms with Gasteiger partial charge in [0.15, 0.2) is 9.96 Å². The third-order valence-electron chi connectivity index (χ3n) is 7.36. The van der Waals surface area contributed by atoms with Crippen molar-refractivity contribution in [3.8, 4) is 16.9 Å². The number of hydrogen-bond acceptors (Lipinski definition) is 11. The van der Waals surface area contributed by atoms with Gasteiger partial charge >= 0.3 is 6.09 Å². The van der Waals surface area contributed by atoms with E-state index in [0.717, 1.165) is 18.5 Å². The van der Waals surface area contributed by atoms with E-state index in [1.54, 1.807) is 18.3 Å². The molecule has 2 saturated heterocycles. The van der Waals surface area contributed by atoms with Crippen LogP contribution in [0.5, 0.6) is 5.75 Å². The number of thiazole rings is 1. The van der Waals surface area contributed by atoms with Crippen molar-refractivity contribution in [2.75, 3.05) is 30.4 Å². The summed E-state index contributed by atoms with van der Waals surface area (Å²) >= 11 is 7.43. The maximum Gasteiger partial charge on any atom is 0.410 e. The van der Waals surface area contributed by atoms with Crippen molar-refractivity contribution >= 4 is 56.4 Å². The lowest BCUT2D eigenvalue weighted by Crippen LogP contribution is -2.57. The maximum absolute atomic E-state index is 13.5. The lowest BCUT2D eigenvalue weighted by Gasteiger charge is -2.41. The van der Waals surface area contributed by atoms with E-state index in [4.69, 9.17) is 26.1 Å². The van der Waals surface area contributed by atoms with Gasteiger partial charge in [0.1, 0.15) is 22.0 Å². The number of carbonyl (C=O) groups is 2. The van der Waals surface area contributed by atoms with Crippen molar-refractivity contribution in [3.05, 3.63) is 47.1 Å². The molecule has 4 aromatic rings. The van der Waals surface area contributed by atoms with E-state index < -0.39 is 5.60 Å². The van der Waals surface area contributed by atoms with E-state index in [-0.39, 0.29) is 29.2 Å². The van der Waals surface area contributed by atoms with Gasteiger partial charge in [0.25, 0.3) is 5.91 Å². The molecular formula is C29H31ClN8O4S. The lowest BCUT2D eigenvalue weighted by molar-refractivity contribution is 0.0122. The van der Waals surface area contributed by atoms with Crippen molar-refractivity contribution in [2.24, 2.45) is 0 Å². The summed E-state index contributed by atoms with van der Waals surface area (Å²) in [6.45, 7) is 8.71. The maximum atomic E-state index is 13.5. The standard InChI is InChI=1S/C29H31ClN8O4S/c1-15-8-18(19-9-23(30)32-12-22(19)41-5)20(10-31-15)24(39)35-27-34-21-11-33-26(36-25(21)43-27)37-13-16-6-7-17(14-37)38(16)28(40)42-29(2,3)4/h8-12,16-17H,6-7,13-14H2,1-5H3,(H,34,35,39). The van der Waals surface area contributed by atoms with Crippen LogP contribution in [0, 0.1) is 6.92 Å². The third kappa shape index (κ3) is 5.91. The first-order valence-electron chi connectivity index (χ1n) is 13.9. The molecule has 2 bridgehead atoms. The number of pyridine rings is 2. The first-order valence-corrected chi connectivity index (χ1v) is 15.1. The van der Waals surface area contributed by atoms with Crippen LogP contribution in [0.15, 0.2) is 30.7 Å². The summed E-state index contributed by atoms with van der Waals surface area (Å²) in [6.07, 6.45) is 6.25. The molecule has 0 saturated carbocycles. The lowest BCUT2D eigenvalue weighted by atomic mass is 10.0. The van der Waals surface area contributed by atoms with Crippen LogP contribution < -0.4 is 15.0 Å². The number of aromatic nitrogens is 5. The molecule has 43 heavy (non-hydrogen) atoms. The summed E-state index contributed by atoms with van der Waals surface area (Å²) < 4.78 is 11.1. The predicted molar refractivity (Wildman–Crippen MR) is 164 cm³/mol. The Hall–Kier alpha value is -4.10. The number of aryl methyl sites for hydroxylation is 1. The van der Waals surface area contributed by atoms with Gasteiger partial charge in [-0.15, -0.1) is 0 Å². The molecule has 1 N–H and O–H groups in total. The van der Waals surface area contributed by atoms with Gasteiger partial charge in [-0.05, 0) is 52.7 Å². The highest BCUT2D eigenvalue weighted by Gasteiger charge is 2.45. The average molecular weight is 623 g/mol. The predicted octanol–water partition coefficient (Wildman–Crippen LogP) is 5.35. The molecule has 14 heteroatoms. The van der Waals surface area contributed by atoms with Gasteiger partial charge in [-0.25, -0.2) is 19.7 Å². The summed E-state index contributed by atoms with van der Waals surface area (Å²) in [4.78, 5) is 53.3. The first kappa shape index (κ1) is 29.0. The molecule has 0 radical (unpaired) electrons. The fourth-order valence-corrected chi connectivity index (χ4v) is 6.49.